The Morgan fingerprint density at radius 1 is 1.57 bits per heavy atom. The third kappa shape index (κ3) is 5.46. The normalized spacial score (nSPS) is 26.3. The maximum absolute atomic E-state index is 12.8. The second-order valence-electron chi connectivity index (χ2n) is 5.94. The van der Waals surface area contributed by atoms with Crippen molar-refractivity contribution < 1.29 is 9.13 Å². The molecule has 0 spiro atoms. The summed E-state index contributed by atoms with van der Waals surface area (Å²) in [7, 11) is 0. The average Bonchev–Trinajstić information content (AvgIpc) is 2.87. The van der Waals surface area contributed by atoms with E-state index in [0.29, 0.717) is 25.2 Å². The van der Waals surface area contributed by atoms with Crippen LogP contribution in [0.3, 0.4) is 0 Å². The summed E-state index contributed by atoms with van der Waals surface area (Å²) in [5.74, 6) is 1.61. The highest BCUT2D eigenvalue weighted by Crippen LogP contribution is 2.18. The number of allylic oxidation sites excluding steroid dienone is 2. The Balaban J connectivity index is 1.99. The molecule has 0 radical (unpaired) electrons. The van der Waals surface area contributed by atoms with Crippen molar-refractivity contribution >= 4 is 12.2 Å². The minimum absolute atomic E-state index is 0.0424. The van der Waals surface area contributed by atoms with Gasteiger partial charge in [-0.1, -0.05) is 19.1 Å². The van der Waals surface area contributed by atoms with Crippen LogP contribution in [0.1, 0.15) is 40.0 Å². The van der Waals surface area contributed by atoms with Crippen molar-refractivity contribution in [1.82, 2.24) is 10.2 Å². The average molecular weight is 322 g/mol. The van der Waals surface area contributed by atoms with Crippen LogP contribution < -0.4 is 5.32 Å². The lowest BCUT2D eigenvalue weighted by molar-refractivity contribution is 0.154. The summed E-state index contributed by atoms with van der Waals surface area (Å²) in [5, 5.41) is 3.31. The van der Waals surface area contributed by atoms with Crippen molar-refractivity contribution in [2.24, 2.45) is 9.98 Å². The van der Waals surface area contributed by atoms with E-state index in [4.69, 9.17) is 4.74 Å². The molecule has 2 heterocycles. The van der Waals surface area contributed by atoms with Crippen molar-refractivity contribution in [3.8, 4) is 0 Å². The van der Waals surface area contributed by atoms with Crippen molar-refractivity contribution in [2.75, 3.05) is 13.3 Å². The van der Waals surface area contributed by atoms with Crippen LogP contribution >= 0.6 is 0 Å². The van der Waals surface area contributed by atoms with Gasteiger partial charge >= 0.3 is 0 Å². The number of halogens is 1. The van der Waals surface area contributed by atoms with Crippen LogP contribution in [0, 0.1) is 0 Å². The zero-order valence-corrected chi connectivity index (χ0v) is 14.2. The maximum Gasteiger partial charge on any atom is 0.223 e. The highest BCUT2D eigenvalue weighted by atomic mass is 19.1. The van der Waals surface area contributed by atoms with E-state index in [-0.39, 0.29) is 6.04 Å². The molecule has 2 aliphatic heterocycles. The number of rotatable bonds is 6. The Labute approximate surface area is 138 Å². The van der Waals surface area contributed by atoms with Crippen LogP contribution in [0.15, 0.2) is 34.0 Å². The standard InChI is InChI=1S/C17H27FN4O/c1-4-15-11-23-12-22(15)16-9-6-10-19-17(21-16)20-14(3)8-5-7-13(2)18/h5,7,9-10,13-15H,4,6,8,11-12H2,1-3H3,(H,20,21)/b7-5+. The van der Waals surface area contributed by atoms with E-state index in [1.54, 1.807) is 6.08 Å². The number of nitrogens with one attached hydrogen (secondary N) is 1. The van der Waals surface area contributed by atoms with Gasteiger partial charge in [-0.05, 0) is 32.8 Å². The fourth-order valence-corrected chi connectivity index (χ4v) is 2.57. The van der Waals surface area contributed by atoms with Gasteiger partial charge in [0.2, 0.25) is 5.96 Å². The van der Waals surface area contributed by atoms with Gasteiger partial charge in [0, 0.05) is 12.6 Å². The van der Waals surface area contributed by atoms with E-state index in [1.165, 1.54) is 6.92 Å². The molecule has 0 amide bonds. The highest BCUT2D eigenvalue weighted by molar-refractivity contribution is 5.90. The molecular formula is C17H27FN4O. The first kappa shape index (κ1) is 17.7. The van der Waals surface area contributed by atoms with Crippen LogP contribution in [0.2, 0.25) is 0 Å². The van der Waals surface area contributed by atoms with Crippen molar-refractivity contribution in [3.63, 3.8) is 0 Å². The van der Waals surface area contributed by atoms with E-state index in [0.717, 1.165) is 25.3 Å². The Morgan fingerprint density at radius 2 is 2.39 bits per heavy atom. The monoisotopic (exact) mass is 322 g/mol. The van der Waals surface area contributed by atoms with Crippen molar-refractivity contribution in [1.29, 1.82) is 0 Å². The molecule has 2 aliphatic rings. The zero-order valence-electron chi connectivity index (χ0n) is 14.2. The molecule has 5 nitrogen and oxygen atoms in total. The summed E-state index contributed by atoms with van der Waals surface area (Å²) in [6.07, 6.45) is 8.92. The summed E-state index contributed by atoms with van der Waals surface area (Å²) in [4.78, 5) is 11.2. The smallest absolute Gasteiger partial charge is 0.223 e. The molecule has 1 N–H and O–H groups in total. The van der Waals surface area contributed by atoms with Crippen LogP contribution in [-0.2, 0) is 4.74 Å². The Hall–Kier alpha value is -1.69. The Bertz CT molecular complexity index is 499. The van der Waals surface area contributed by atoms with Gasteiger partial charge in [0.25, 0.3) is 0 Å². The van der Waals surface area contributed by atoms with Crippen molar-refractivity contribution in [3.05, 3.63) is 24.0 Å². The first-order valence-corrected chi connectivity index (χ1v) is 8.32. The lowest BCUT2D eigenvalue weighted by Crippen LogP contribution is -2.38. The molecule has 0 aromatic rings. The molecule has 128 valence electrons. The molecule has 0 aromatic heterocycles. The lowest BCUT2D eigenvalue weighted by Gasteiger charge is -2.26. The third-order valence-electron chi connectivity index (χ3n) is 3.85. The number of nitrogens with zero attached hydrogens (tertiary/aromatic N) is 3. The topological polar surface area (TPSA) is 49.2 Å². The predicted octanol–water partition coefficient (Wildman–Crippen LogP) is 3.01. The van der Waals surface area contributed by atoms with Crippen molar-refractivity contribution in [2.45, 2.75) is 58.3 Å². The molecule has 0 bridgehead atoms. The first-order valence-electron chi connectivity index (χ1n) is 8.32. The Kier molecular flexibility index (Phi) is 6.77. The summed E-state index contributed by atoms with van der Waals surface area (Å²) in [6, 6.07) is 0.431. The lowest BCUT2D eigenvalue weighted by atomic mass is 10.2. The van der Waals surface area contributed by atoms with E-state index in [9.17, 15) is 4.39 Å². The summed E-state index contributed by atoms with van der Waals surface area (Å²) < 4.78 is 18.3. The fraction of sp³-hybridized carbons (Fsp3) is 0.647. The van der Waals surface area contributed by atoms with Gasteiger partial charge in [0.15, 0.2) is 0 Å². The number of aliphatic imine (C=N–C) groups is 2. The van der Waals surface area contributed by atoms with Crippen LogP contribution in [-0.4, -0.2) is 48.7 Å². The zero-order chi connectivity index (χ0) is 16.7. The minimum Gasteiger partial charge on any atom is -0.359 e. The van der Waals surface area contributed by atoms with Gasteiger partial charge in [-0.2, -0.15) is 0 Å². The summed E-state index contributed by atoms with van der Waals surface area (Å²) in [5.41, 5.74) is 0. The van der Waals surface area contributed by atoms with E-state index < -0.39 is 6.17 Å². The molecule has 0 saturated carbocycles. The van der Waals surface area contributed by atoms with Gasteiger partial charge in [0.05, 0.1) is 18.7 Å². The predicted molar refractivity (Wildman–Crippen MR) is 92.3 cm³/mol. The molecule has 3 atom stereocenters. The molecule has 3 unspecified atom stereocenters. The summed E-state index contributed by atoms with van der Waals surface area (Å²) in [6.45, 7) is 7.03. The minimum atomic E-state index is -0.917. The number of guanidine groups is 1. The summed E-state index contributed by atoms with van der Waals surface area (Å²) >= 11 is 0. The fourth-order valence-electron chi connectivity index (χ4n) is 2.57. The first-order chi connectivity index (χ1) is 11.1. The molecule has 2 rings (SSSR count). The van der Waals surface area contributed by atoms with Gasteiger partial charge in [0.1, 0.15) is 18.7 Å². The molecular weight excluding hydrogens is 295 g/mol. The van der Waals surface area contributed by atoms with E-state index in [2.05, 4.69) is 33.2 Å². The molecule has 1 saturated heterocycles. The molecule has 0 aliphatic carbocycles. The maximum atomic E-state index is 12.8. The van der Waals surface area contributed by atoms with Crippen LogP contribution in [0.5, 0.6) is 0 Å². The number of ether oxygens (including phenoxy) is 1. The molecule has 6 heteroatoms. The number of alkyl halides is 1. The Morgan fingerprint density at radius 3 is 3.13 bits per heavy atom. The van der Waals surface area contributed by atoms with E-state index in [1.807, 2.05) is 19.2 Å². The van der Waals surface area contributed by atoms with Gasteiger partial charge in [-0.25, -0.2) is 14.4 Å². The largest absolute Gasteiger partial charge is 0.359 e. The SMILES string of the molecule is CCC1COCN1C1=CCC=NC(=NC(C)C/C=C/C(C)F)N1. The second-order valence-corrected chi connectivity index (χ2v) is 5.94. The van der Waals surface area contributed by atoms with Gasteiger partial charge in [-0.15, -0.1) is 0 Å². The molecule has 0 aromatic carbocycles. The van der Waals surface area contributed by atoms with Crippen LogP contribution in [0.4, 0.5) is 4.39 Å². The molecule has 23 heavy (non-hydrogen) atoms. The van der Waals surface area contributed by atoms with Gasteiger partial charge in [-0.3, -0.25) is 0 Å². The number of hydrogen-bond donors (Lipinski definition) is 1. The number of hydrogen-bond acceptors (Lipinski definition) is 3. The van der Waals surface area contributed by atoms with Gasteiger partial charge < -0.3 is 15.0 Å². The van der Waals surface area contributed by atoms with E-state index >= 15 is 0 Å². The quantitative estimate of drug-likeness (QED) is 0.765. The molecule has 1 fully saturated rings. The second kappa shape index (κ2) is 8.82. The van der Waals surface area contributed by atoms with Crippen LogP contribution in [0.25, 0.3) is 0 Å². The third-order valence-corrected chi connectivity index (χ3v) is 3.85. The highest BCUT2D eigenvalue weighted by Gasteiger charge is 2.26.